The van der Waals surface area contributed by atoms with Crippen molar-refractivity contribution in [2.24, 2.45) is 0 Å². The first-order valence-corrected chi connectivity index (χ1v) is 8.52. The average Bonchev–Trinajstić information content (AvgIpc) is 2.57. The van der Waals surface area contributed by atoms with Crippen LogP contribution in [0.2, 0.25) is 0 Å². The van der Waals surface area contributed by atoms with Gasteiger partial charge in [-0.05, 0) is 37.5 Å². The van der Waals surface area contributed by atoms with E-state index in [4.69, 9.17) is 0 Å². The molecule has 0 atom stereocenters. The summed E-state index contributed by atoms with van der Waals surface area (Å²) in [6.45, 7) is 7.39. The quantitative estimate of drug-likeness (QED) is 0.727. The maximum absolute atomic E-state index is 12.4. The molecule has 0 fully saturated rings. The van der Waals surface area contributed by atoms with E-state index in [1.165, 1.54) is 12.8 Å². The Kier molecular flexibility index (Phi) is 6.73. The fourth-order valence-corrected chi connectivity index (χ4v) is 2.41. The zero-order valence-electron chi connectivity index (χ0n) is 14.7. The lowest BCUT2D eigenvalue weighted by Crippen LogP contribution is -2.25. The van der Waals surface area contributed by atoms with Gasteiger partial charge in [0.2, 0.25) is 5.95 Å². The summed E-state index contributed by atoms with van der Waals surface area (Å²) < 4.78 is 0. The number of nitrogens with one attached hydrogen (secondary N) is 2. The van der Waals surface area contributed by atoms with Crippen LogP contribution in [0.15, 0.2) is 30.3 Å². The third-order valence-electron chi connectivity index (χ3n) is 3.85. The summed E-state index contributed by atoms with van der Waals surface area (Å²) in [5.74, 6) is 0.340. The van der Waals surface area contributed by atoms with E-state index in [9.17, 15) is 4.79 Å². The molecule has 0 saturated carbocycles. The second kappa shape index (κ2) is 9.01. The van der Waals surface area contributed by atoms with Crippen LogP contribution >= 0.6 is 0 Å². The van der Waals surface area contributed by atoms with Gasteiger partial charge in [-0.1, -0.05) is 44.0 Å². The van der Waals surface area contributed by atoms with E-state index in [1.54, 1.807) is 6.07 Å². The lowest BCUT2D eigenvalue weighted by atomic mass is 10.1. The molecule has 0 bridgehead atoms. The highest BCUT2D eigenvalue weighted by Crippen LogP contribution is 2.08. The largest absolute Gasteiger partial charge is 0.354 e. The molecule has 1 aromatic heterocycles. The van der Waals surface area contributed by atoms with Crippen LogP contribution in [0, 0.1) is 13.8 Å². The van der Waals surface area contributed by atoms with Gasteiger partial charge in [-0.3, -0.25) is 4.79 Å². The Hall–Kier alpha value is -2.43. The number of hydrogen-bond acceptors (Lipinski definition) is 4. The van der Waals surface area contributed by atoms with Gasteiger partial charge in [-0.25, -0.2) is 9.97 Å². The zero-order valence-corrected chi connectivity index (χ0v) is 14.7. The van der Waals surface area contributed by atoms with E-state index in [0.717, 1.165) is 29.8 Å². The van der Waals surface area contributed by atoms with Gasteiger partial charge < -0.3 is 10.6 Å². The fraction of sp³-hybridized carbons (Fsp3) is 0.421. The first-order valence-electron chi connectivity index (χ1n) is 8.52. The van der Waals surface area contributed by atoms with Crippen molar-refractivity contribution >= 4 is 11.9 Å². The molecule has 0 aliphatic carbocycles. The van der Waals surface area contributed by atoms with Crippen molar-refractivity contribution in [1.29, 1.82) is 0 Å². The Labute approximate surface area is 143 Å². The van der Waals surface area contributed by atoms with E-state index in [0.29, 0.717) is 18.2 Å². The predicted molar refractivity (Wildman–Crippen MR) is 97.1 cm³/mol. The lowest BCUT2D eigenvalue weighted by Gasteiger charge is -2.10. The molecule has 2 aromatic rings. The van der Waals surface area contributed by atoms with Gasteiger partial charge in [-0.2, -0.15) is 0 Å². The van der Waals surface area contributed by atoms with E-state index in [-0.39, 0.29) is 5.91 Å². The minimum Gasteiger partial charge on any atom is -0.354 e. The first kappa shape index (κ1) is 17.9. The molecule has 1 amide bonds. The Morgan fingerprint density at radius 3 is 2.67 bits per heavy atom. The highest BCUT2D eigenvalue weighted by atomic mass is 16.1. The normalized spacial score (nSPS) is 10.5. The molecule has 0 unspecified atom stereocenters. The van der Waals surface area contributed by atoms with Crippen LogP contribution in [-0.2, 0) is 6.54 Å². The molecular formula is C19H26N4O. The summed E-state index contributed by atoms with van der Waals surface area (Å²) >= 11 is 0. The van der Waals surface area contributed by atoms with Crippen molar-refractivity contribution in [3.63, 3.8) is 0 Å². The van der Waals surface area contributed by atoms with Gasteiger partial charge in [0.05, 0.1) is 0 Å². The number of aromatic nitrogens is 2. The third-order valence-corrected chi connectivity index (χ3v) is 3.85. The van der Waals surface area contributed by atoms with E-state index in [2.05, 4.69) is 27.5 Å². The second-order valence-corrected chi connectivity index (χ2v) is 5.96. The van der Waals surface area contributed by atoms with Gasteiger partial charge in [0.25, 0.3) is 5.91 Å². The predicted octanol–water partition coefficient (Wildman–Crippen LogP) is 3.63. The molecule has 1 aromatic carbocycles. The van der Waals surface area contributed by atoms with Crippen molar-refractivity contribution < 1.29 is 4.79 Å². The average molecular weight is 326 g/mol. The molecule has 24 heavy (non-hydrogen) atoms. The summed E-state index contributed by atoms with van der Waals surface area (Å²) in [5.41, 5.74) is 3.45. The van der Waals surface area contributed by atoms with Crippen molar-refractivity contribution in [2.75, 3.05) is 11.9 Å². The van der Waals surface area contributed by atoms with Crippen LogP contribution in [0.5, 0.6) is 0 Å². The number of hydrogen-bond donors (Lipinski definition) is 2. The molecule has 2 N–H and O–H groups in total. The minimum atomic E-state index is -0.180. The van der Waals surface area contributed by atoms with Crippen LogP contribution in [0.4, 0.5) is 5.95 Å². The van der Waals surface area contributed by atoms with Gasteiger partial charge >= 0.3 is 0 Å². The number of amides is 1. The van der Waals surface area contributed by atoms with Crippen molar-refractivity contribution in [1.82, 2.24) is 15.3 Å². The molecule has 0 radical (unpaired) electrons. The topological polar surface area (TPSA) is 66.9 Å². The zero-order chi connectivity index (χ0) is 17.4. The van der Waals surface area contributed by atoms with Crippen molar-refractivity contribution in [3.8, 4) is 0 Å². The summed E-state index contributed by atoms with van der Waals surface area (Å²) in [6.07, 6.45) is 3.41. The minimum absolute atomic E-state index is 0.180. The molecule has 0 aliphatic rings. The number of unbranched alkanes of at least 4 members (excludes halogenated alkanes) is 2. The number of nitrogens with zero attached hydrogens (tertiary/aromatic N) is 2. The number of aryl methyl sites for hydroxylation is 2. The highest BCUT2D eigenvalue weighted by Gasteiger charge is 2.10. The Bertz CT molecular complexity index is 685. The van der Waals surface area contributed by atoms with E-state index < -0.39 is 0 Å². The van der Waals surface area contributed by atoms with Gasteiger partial charge in [0.15, 0.2) is 0 Å². The maximum atomic E-state index is 12.4. The number of benzene rings is 1. The molecule has 0 spiro atoms. The van der Waals surface area contributed by atoms with Gasteiger partial charge in [0, 0.05) is 18.8 Å². The number of carbonyl (C=O) groups is 1. The Balaban J connectivity index is 1.98. The number of carbonyl (C=O) groups excluding carboxylic acids is 1. The van der Waals surface area contributed by atoms with Gasteiger partial charge in [-0.15, -0.1) is 0 Å². The SMILES string of the molecule is CCCCCNc1nc(C)cc(C(=O)NCc2ccccc2C)n1. The van der Waals surface area contributed by atoms with Crippen molar-refractivity contribution in [2.45, 2.75) is 46.6 Å². The summed E-state index contributed by atoms with van der Waals surface area (Å²) in [7, 11) is 0. The second-order valence-electron chi connectivity index (χ2n) is 5.96. The molecule has 2 rings (SSSR count). The number of anilines is 1. The summed E-state index contributed by atoms with van der Waals surface area (Å²) in [5, 5.41) is 6.13. The van der Waals surface area contributed by atoms with E-state index >= 15 is 0 Å². The monoisotopic (exact) mass is 326 g/mol. The first-order chi connectivity index (χ1) is 11.6. The summed E-state index contributed by atoms with van der Waals surface area (Å²) in [4.78, 5) is 21.1. The molecule has 5 nitrogen and oxygen atoms in total. The Morgan fingerprint density at radius 1 is 1.12 bits per heavy atom. The summed E-state index contributed by atoms with van der Waals surface area (Å²) in [6, 6.07) is 9.73. The third kappa shape index (κ3) is 5.33. The highest BCUT2D eigenvalue weighted by molar-refractivity contribution is 5.92. The van der Waals surface area contributed by atoms with Crippen molar-refractivity contribution in [3.05, 3.63) is 52.8 Å². The number of rotatable bonds is 8. The molecule has 5 heteroatoms. The molecule has 1 heterocycles. The van der Waals surface area contributed by atoms with Gasteiger partial charge in [0.1, 0.15) is 5.69 Å². The molecule has 0 aliphatic heterocycles. The fourth-order valence-electron chi connectivity index (χ4n) is 2.41. The van der Waals surface area contributed by atoms with Crippen LogP contribution in [-0.4, -0.2) is 22.4 Å². The standard InChI is InChI=1S/C19H26N4O/c1-4-5-8-11-20-19-22-15(3)12-17(23-19)18(24)21-13-16-10-7-6-9-14(16)2/h6-7,9-10,12H,4-5,8,11,13H2,1-3H3,(H,21,24)(H,20,22,23). The molecule has 128 valence electrons. The molecular weight excluding hydrogens is 300 g/mol. The van der Waals surface area contributed by atoms with E-state index in [1.807, 2.05) is 38.1 Å². The van der Waals surface area contributed by atoms with Crippen LogP contribution < -0.4 is 10.6 Å². The maximum Gasteiger partial charge on any atom is 0.270 e. The molecule has 0 saturated heterocycles. The smallest absolute Gasteiger partial charge is 0.270 e. The van der Waals surface area contributed by atoms with Crippen LogP contribution in [0.25, 0.3) is 0 Å². The van der Waals surface area contributed by atoms with Crippen LogP contribution in [0.1, 0.15) is 53.5 Å². The Morgan fingerprint density at radius 2 is 1.92 bits per heavy atom. The van der Waals surface area contributed by atoms with Crippen LogP contribution in [0.3, 0.4) is 0 Å². The lowest BCUT2D eigenvalue weighted by molar-refractivity contribution is 0.0945.